The van der Waals surface area contributed by atoms with Gasteiger partial charge in [-0.25, -0.2) is 0 Å². The number of unbranched alkanes of at least 4 members (excludes halogenated alkanes) is 3. The van der Waals surface area contributed by atoms with Gasteiger partial charge < -0.3 is 13.7 Å². The Morgan fingerprint density at radius 3 is 2.03 bits per heavy atom. The Balaban J connectivity index is 1.95. The molecule has 1 aliphatic carbocycles. The van der Waals surface area contributed by atoms with Crippen molar-refractivity contribution in [3.8, 4) is 0 Å². The predicted octanol–water partition coefficient (Wildman–Crippen LogP) is 8.76. The summed E-state index contributed by atoms with van der Waals surface area (Å²) in [4.78, 5) is 0. The zero-order valence-electron chi connectivity index (χ0n) is 23.8. The van der Waals surface area contributed by atoms with Crippen molar-refractivity contribution < 1.29 is 13.7 Å². The van der Waals surface area contributed by atoms with Crippen LogP contribution in [0.15, 0.2) is 30.3 Å². The number of hydrogen-bond acceptors (Lipinski definition) is 3. The van der Waals surface area contributed by atoms with Crippen LogP contribution in [0.3, 0.4) is 0 Å². The summed E-state index contributed by atoms with van der Waals surface area (Å²) >= 11 is 0. The van der Waals surface area contributed by atoms with E-state index in [1.54, 1.807) is 0 Å². The van der Waals surface area contributed by atoms with Crippen LogP contribution < -0.4 is 0 Å². The minimum absolute atomic E-state index is 0.104. The van der Waals surface area contributed by atoms with Crippen molar-refractivity contribution >= 4 is 15.4 Å². The average Bonchev–Trinajstić information content (AvgIpc) is 2.91. The van der Waals surface area contributed by atoms with Gasteiger partial charge in [-0.15, -0.1) is 0 Å². The normalized spacial score (nSPS) is 27.5. The lowest BCUT2D eigenvalue weighted by Gasteiger charge is -2.55. The molecule has 3 nitrogen and oxygen atoms in total. The third kappa shape index (κ3) is 5.53. The molecule has 0 radical (unpaired) electrons. The molecule has 1 aromatic carbocycles. The smallest absolute Gasteiger partial charge is 0.414 e. The monoisotopic (exact) mass is 486 g/mol. The van der Waals surface area contributed by atoms with Crippen molar-refractivity contribution in [1.29, 1.82) is 0 Å². The standard InChI is InChI=1S/C29H51BO3Si/c1-11-12-13-17-20-25(31-34(9,10)26(2,3)4)29(30-32-27(5,6)28(7,8)33-30)21-24(22-29)23-18-15-14-16-19-23/h14-16,18-19,24-25H,11-13,17,20-22H2,1-10H3. The van der Waals surface area contributed by atoms with Crippen LogP contribution in [0.1, 0.15) is 112 Å². The molecule has 192 valence electrons. The van der Waals surface area contributed by atoms with E-state index in [1.165, 1.54) is 31.2 Å². The van der Waals surface area contributed by atoms with Crippen LogP contribution in [0, 0.1) is 0 Å². The summed E-state index contributed by atoms with van der Waals surface area (Å²) in [7, 11) is -2.19. The van der Waals surface area contributed by atoms with Crippen molar-refractivity contribution in [3.63, 3.8) is 0 Å². The van der Waals surface area contributed by atoms with E-state index in [0.29, 0.717) is 5.92 Å². The van der Waals surface area contributed by atoms with Gasteiger partial charge >= 0.3 is 7.12 Å². The maximum Gasteiger partial charge on any atom is 0.467 e. The Morgan fingerprint density at radius 1 is 0.971 bits per heavy atom. The molecule has 0 aromatic heterocycles. The molecule has 0 N–H and O–H groups in total. The van der Waals surface area contributed by atoms with Crippen molar-refractivity contribution in [3.05, 3.63) is 35.9 Å². The molecule has 0 bridgehead atoms. The Kier molecular flexibility index (Phi) is 8.25. The summed E-state index contributed by atoms with van der Waals surface area (Å²) in [6.45, 7) is 22.9. The largest absolute Gasteiger partial charge is 0.467 e. The molecule has 1 aromatic rings. The van der Waals surface area contributed by atoms with Crippen LogP contribution in [-0.2, 0) is 13.7 Å². The van der Waals surface area contributed by atoms with E-state index in [9.17, 15) is 0 Å². The first-order valence-electron chi connectivity index (χ1n) is 13.7. The highest BCUT2D eigenvalue weighted by Crippen LogP contribution is 2.65. The number of benzene rings is 1. The van der Waals surface area contributed by atoms with E-state index in [4.69, 9.17) is 13.7 Å². The summed E-state index contributed by atoms with van der Waals surface area (Å²) in [5.41, 5.74) is 0.782. The molecular formula is C29H51BO3Si. The second-order valence-corrected chi connectivity index (χ2v) is 18.3. The quantitative estimate of drug-likeness (QED) is 0.244. The summed E-state index contributed by atoms with van der Waals surface area (Å²) in [5, 5.41) is 0.0711. The molecule has 2 fully saturated rings. The van der Waals surface area contributed by atoms with Crippen molar-refractivity contribution in [2.45, 2.75) is 147 Å². The minimum Gasteiger partial charge on any atom is -0.414 e. The molecule has 1 atom stereocenters. The van der Waals surface area contributed by atoms with Crippen LogP contribution >= 0.6 is 0 Å². The first-order chi connectivity index (χ1) is 15.7. The van der Waals surface area contributed by atoms with Gasteiger partial charge in [-0.3, -0.25) is 0 Å². The Bertz CT molecular complexity index is 777. The van der Waals surface area contributed by atoms with Crippen LogP contribution in [0.25, 0.3) is 0 Å². The highest BCUT2D eigenvalue weighted by atomic mass is 28.4. The third-order valence-corrected chi connectivity index (χ3v) is 13.9. The first kappa shape index (κ1) is 28.0. The number of rotatable bonds is 10. The highest BCUT2D eigenvalue weighted by Gasteiger charge is 2.67. The van der Waals surface area contributed by atoms with Crippen molar-refractivity contribution in [2.24, 2.45) is 0 Å². The van der Waals surface area contributed by atoms with Crippen molar-refractivity contribution in [2.75, 3.05) is 0 Å². The second-order valence-electron chi connectivity index (χ2n) is 13.6. The van der Waals surface area contributed by atoms with Gasteiger partial charge in [0.1, 0.15) is 0 Å². The van der Waals surface area contributed by atoms with E-state index in [-0.39, 0.29) is 34.8 Å². The summed E-state index contributed by atoms with van der Waals surface area (Å²) < 4.78 is 20.9. The van der Waals surface area contributed by atoms with Gasteiger partial charge in [0.05, 0.1) is 11.2 Å². The lowest BCUT2D eigenvalue weighted by atomic mass is 9.40. The van der Waals surface area contributed by atoms with Gasteiger partial charge in [0.2, 0.25) is 0 Å². The van der Waals surface area contributed by atoms with E-state index < -0.39 is 8.32 Å². The van der Waals surface area contributed by atoms with Crippen molar-refractivity contribution in [1.82, 2.24) is 0 Å². The minimum atomic E-state index is -1.96. The first-order valence-corrected chi connectivity index (χ1v) is 16.6. The third-order valence-electron chi connectivity index (χ3n) is 9.45. The molecule has 0 amide bonds. The SMILES string of the molecule is CCCCCCC(O[Si](C)(C)C(C)(C)C)C1(B2OC(C)(C)C(C)(C)O2)CC(c2ccccc2)C1. The zero-order chi connectivity index (χ0) is 25.4. The van der Waals surface area contributed by atoms with Gasteiger partial charge in [-0.1, -0.05) is 83.7 Å². The van der Waals surface area contributed by atoms with Crippen LogP contribution in [0.4, 0.5) is 0 Å². The topological polar surface area (TPSA) is 27.7 Å². The van der Waals surface area contributed by atoms with Gasteiger partial charge in [0.25, 0.3) is 0 Å². The molecule has 1 unspecified atom stereocenters. The molecule has 0 spiro atoms. The Morgan fingerprint density at radius 2 is 1.53 bits per heavy atom. The van der Waals surface area contributed by atoms with Gasteiger partial charge in [-0.05, 0) is 76.6 Å². The van der Waals surface area contributed by atoms with E-state index in [2.05, 4.69) is 98.8 Å². The summed E-state index contributed by atoms with van der Waals surface area (Å²) in [5.74, 6) is 0.543. The Hall–Kier alpha value is -0.618. The average molecular weight is 487 g/mol. The molecule has 34 heavy (non-hydrogen) atoms. The van der Waals surface area contributed by atoms with Crippen LogP contribution in [0.5, 0.6) is 0 Å². The van der Waals surface area contributed by atoms with Gasteiger partial charge in [0.15, 0.2) is 8.32 Å². The van der Waals surface area contributed by atoms with E-state index >= 15 is 0 Å². The fraction of sp³-hybridized carbons (Fsp3) is 0.793. The predicted molar refractivity (Wildman–Crippen MR) is 148 cm³/mol. The molecule has 3 rings (SSSR count). The fourth-order valence-electron chi connectivity index (χ4n) is 5.26. The maximum absolute atomic E-state index is 7.30. The molecule has 1 saturated heterocycles. The molecule has 5 heteroatoms. The molecule has 1 saturated carbocycles. The lowest BCUT2D eigenvalue weighted by molar-refractivity contribution is 0.00578. The van der Waals surface area contributed by atoms with Crippen LogP contribution in [-0.4, -0.2) is 32.7 Å². The molecular weight excluding hydrogens is 435 g/mol. The lowest BCUT2D eigenvalue weighted by Crippen LogP contribution is -2.56. The summed E-state index contributed by atoms with van der Waals surface area (Å²) in [6, 6.07) is 11.0. The van der Waals surface area contributed by atoms with E-state index in [0.717, 1.165) is 19.3 Å². The zero-order valence-corrected chi connectivity index (χ0v) is 24.8. The van der Waals surface area contributed by atoms with Crippen LogP contribution in [0.2, 0.25) is 23.4 Å². The van der Waals surface area contributed by atoms with E-state index in [1.807, 2.05) is 0 Å². The molecule has 1 heterocycles. The highest BCUT2D eigenvalue weighted by molar-refractivity contribution is 6.74. The van der Waals surface area contributed by atoms with Gasteiger partial charge in [-0.2, -0.15) is 0 Å². The maximum atomic E-state index is 7.30. The second kappa shape index (κ2) is 10.0. The van der Waals surface area contributed by atoms with Gasteiger partial charge in [0, 0.05) is 11.4 Å². The Labute approximate surface area is 212 Å². The summed E-state index contributed by atoms with van der Waals surface area (Å²) in [6.07, 6.45) is 8.44. The molecule has 2 aliphatic rings. The fourth-order valence-corrected chi connectivity index (χ4v) is 6.67. The number of hydrogen-bond donors (Lipinski definition) is 0. The molecule has 1 aliphatic heterocycles.